The second-order valence-electron chi connectivity index (χ2n) is 8.96. The predicted octanol–water partition coefficient (Wildman–Crippen LogP) is 4.38. The van der Waals surface area contributed by atoms with Gasteiger partial charge in [-0.15, -0.1) is 11.3 Å². The molecule has 5 rings (SSSR count). The number of thiophene rings is 1. The number of benzene rings is 1. The van der Waals surface area contributed by atoms with Gasteiger partial charge in [0.2, 0.25) is 11.4 Å². The second-order valence-corrected chi connectivity index (χ2v) is 9.86. The molecule has 1 aliphatic heterocycles. The maximum absolute atomic E-state index is 13.0. The molecular weight excluding hydrogens is 438 g/mol. The molecule has 0 saturated carbocycles. The Labute approximate surface area is 194 Å². The van der Waals surface area contributed by atoms with Gasteiger partial charge in [-0.05, 0) is 34.6 Å². The minimum absolute atomic E-state index is 0.0672. The summed E-state index contributed by atoms with van der Waals surface area (Å²) in [6, 6.07) is 7.76. The third-order valence-corrected chi connectivity index (χ3v) is 6.46. The van der Waals surface area contributed by atoms with Gasteiger partial charge < -0.3 is 14.1 Å². The molecule has 170 valence electrons. The number of hydrazone groups is 1. The van der Waals surface area contributed by atoms with Gasteiger partial charge in [-0.2, -0.15) is 10.1 Å². The Morgan fingerprint density at radius 3 is 2.76 bits per heavy atom. The molecule has 1 N–H and O–H groups in total. The number of nitrogens with zero attached hydrogens (tertiary/aromatic N) is 4. The highest BCUT2D eigenvalue weighted by Gasteiger charge is 2.18. The van der Waals surface area contributed by atoms with Crippen molar-refractivity contribution in [2.75, 3.05) is 36.6 Å². The largest absolute Gasteiger partial charge is 0.463 e. The van der Waals surface area contributed by atoms with Crippen LogP contribution < -0.4 is 15.8 Å². The lowest BCUT2D eigenvalue weighted by Gasteiger charge is -2.28. The van der Waals surface area contributed by atoms with Crippen LogP contribution in [0.4, 0.5) is 11.8 Å². The van der Waals surface area contributed by atoms with Gasteiger partial charge in [0.1, 0.15) is 22.5 Å². The van der Waals surface area contributed by atoms with Gasteiger partial charge in [-0.3, -0.25) is 4.79 Å². The van der Waals surface area contributed by atoms with Gasteiger partial charge in [-0.25, -0.2) is 10.4 Å². The van der Waals surface area contributed by atoms with E-state index in [4.69, 9.17) is 9.15 Å². The molecule has 9 heteroatoms. The molecule has 0 unspecified atom stereocenters. The zero-order valence-electron chi connectivity index (χ0n) is 18.8. The summed E-state index contributed by atoms with van der Waals surface area (Å²) in [5, 5.41) is 7.79. The van der Waals surface area contributed by atoms with Gasteiger partial charge in [0.25, 0.3) is 0 Å². The standard InChI is InChI=1S/C24H25N5O3S/c1-24(2,3)16-4-5-19-18(12-16)20(30)15(14-32-19)13-25-28-23-26-21(29-7-9-31-10-8-29)17-6-11-33-22(17)27-23/h4-6,11-14H,7-10H2,1-3H3,(H,26,27,28)/b25-13+. The first-order chi connectivity index (χ1) is 15.9. The number of fused-ring (bicyclic) bond motifs is 2. The van der Waals surface area contributed by atoms with Crippen molar-refractivity contribution >= 4 is 50.5 Å². The number of rotatable bonds is 4. The zero-order chi connectivity index (χ0) is 23.0. The normalized spacial score (nSPS) is 15.1. The van der Waals surface area contributed by atoms with E-state index < -0.39 is 0 Å². The van der Waals surface area contributed by atoms with Crippen molar-refractivity contribution in [1.29, 1.82) is 0 Å². The summed E-state index contributed by atoms with van der Waals surface area (Å²) in [7, 11) is 0. The van der Waals surface area contributed by atoms with E-state index in [1.807, 2.05) is 29.6 Å². The lowest BCUT2D eigenvalue weighted by atomic mass is 9.86. The summed E-state index contributed by atoms with van der Waals surface area (Å²) in [6.45, 7) is 9.23. The Bertz CT molecular complexity index is 1400. The minimum Gasteiger partial charge on any atom is -0.463 e. The Kier molecular flexibility index (Phi) is 5.59. The van der Waals surface area contributed by atoms with Crippen molar-refractivity contribution in [2.45, 2.75) is 26.2 Å². The molecule has 4 aromatic rings. The molecule has 0 atom stereocenters. The van der Waals surface area contributed by atoms with Crippen molar-refractivity contribution in [2.24, 2.45) is 5.10 Å². The second kappa shape index (κ2) is 8.57. The lowest BCUT2D eigenvalue weighted by Crippen LogP contribution is -2.37. The van der Waals surface area contributed by atoms with Crippen LogP contribution in [-0.4, -0.2) is 42.5 Å². The first kappa shape index (κ1) is 21.5. The van der Waals surface area contributed by atoms with Crippen LogP contribution in [0.3, 0.4) is 0 Å². The molecule has 1 fully saturated rings. The number of morpholine rings is 1. The monoisotopic (exact) mass is 463 g/mol. The van der Waals surface area contributed by atoms with Gasteiger partial charge >= 0.3 is 0 Å². The van der Waals surface area contributed by atoms with Crippen LogP contribution in [0.2, 0.25) is 0 Å². The van der Waals surface area contributed by atoms with Gasteiger partial charge in [0.05, 0.1) is 35.8 Å². The highest BCUT2D eigenvalue weighted by Crippen LogP contribution is 2.29. The van der Waals surface area contributed by atoms with Crippen LogP contribution >= 0.6 is 11.3 Å². The summed E-state index contributed by atoms with van der Waals surface area (Å²) in [6.07, 6.45) is 2.88. The molecule has 3 aromatic heterocycles. The molecular formula is C24H25N5O3S. The average Bonchev–Trinajstić information content (AvgIpc) is 3.28. The molecule has 0 spiro atoms. The zero-order valence-corrected chi connectivity index (χ0v) is 19.6. The van der Waals surface area contributed by atoms with Crippen LogP contribution in [-0.2, 0) is 10.2 Å². The van der Waals surface area contributed by atoms with E-state index in [-0.39, 0.29) is 10.8 Å². The maximum Gasteiger partial charge on any atom is 0.246 e. The molecule has 8 nitrogen and oxygen atoms in total. The fourth-order valence-corrected chi connectivity index (χ4v) is 4.53. The first-order valence-electron chi connectivity index (χ1n) is 10.8. The van der Waals surface area contributed by atoms with Gasteiger partial charge in [0.15, 0.2) is 0 Å². The van der Waals surface area contributed by atoms with E-state index in [0.717, 1.165) is 34.7 Å². The third kappa shape index (κ3) is 4.34. The van der Waals surface area contributed by atoms with Crippen LogP contribution in [0, 0.1) is 0 Å². The molecule has 33 heavy (non-hydrogen) atoms. The molecule has 1 saturated heterocycles. The number of nitrogens with one attached hydrogen (secondary N) is 1. The molecule has 0 radical (unpaired) electrons. The van der Waals surface area contributed by atoms with E-state index in [1.54, 1.807) is 11.3 Å². The number of aromatic nitrogens is 2. The number of anilines is 2. The Hall–Kier alpha value is -3.30. The van der Waals surface area contributed by atoms with E-state index in [2.05, 4.69) is 46.2 Å². The van der Waals surface area contributed by atoms with Crippen LogP contribution in [0.5, 0.6) is 0 Å². The van der Waals surface area contributed by atoms with Crippen LogP contribution in [0.1, 0.15) is 31.9 Å². The quantitative estimate of drug-likeness (QED) is 0.355. The van der Waals surface area contributed by atoms with E-state index in [9.17, 15) is 4.79 Å². The van der Waals surface area contributed by atoms with Gasteiger partial charge in [0, 0.05) is 13.1 Å². The van der Waals surface area contributed by atoms with E-state index >= 15 is 0 Å². The number of ether oxygens (including phenoxy) is 1. The summed E-state index contributed by atoms with van der Waals surface area (Å²) in [5.74, 6) is 1.24. The summed E-state index contributed by atoms with van der Waals surface area (Å²) in [4.78, 5) is 25.3. The molecule has 1 aliphatic rings. The van der Waals surface area contributed by atoms with E-state index in [0.29, 0.717) is 35.7 Å². The van der Waals surface area contributed by atoms with Crippen molar-refractivity contribution in [1.82, 2.24) is 9.97 Å². The number of hydrogen-bond donors (Lipinski definition) is 1. The van der Waals surface area contributed by atoms with Crippen molar-refractivity contribution in [3.05, 3.63) is 57.3 Å². The molecule has 4 heterocycles. The minimum atomic E-state index is -0.128. The SMILES string of the molecule is CC(C)(C)c1ccc2occ(/C=N/Nc3nc(N4CCOCC4)c4ccsc4n3)c(=O)c2c1. The summed E-state index contributed by atoms with van der Waals surface area (Å²) in [5.41, 5.74) is 4.67. The van der Waals surface area contributed by atoms with Gasteiger partial charge in [-0.1, -0.05) is 26.8 Å². The van der Waals surface area contributed by atoms with Crippen molar-refractivity contribution in [3.8, 4) is 0 Å². The highest BCUT2D eigenvalue weighted by molar-refractivity contribution is 7.16. The average molecular weight is 464 g/mol. The summed E-state index contributed by atoms with van der Waals surface area (Å²) < 4.78 is 11.1. The molecule has 0 amide bonds. The first-order valence-corrected chi connectivity index (χ1v) is 11.7. The molecule has 0 bridgehead atoms. The maximum atomic E-state index is 13.0. The van der Waals surface area contributed by atoms with Crippen LogP contribution in [0.15, 0.2) is 50.2 Å². The predicted molar refractivity (Wildman–Crippen MR) is 133 cm³/mol. The fraction of sp³-hybridized carbons (Fsp3) is 0.333. The lowest BCUT2D eigenvalue weighted by molar-refractivity contribution is 0.122. The van der Waals surface area contributed by atoms with Crippen molar-refractivity contribution in [3.63, 3.8) is 0 Å². The van der Waals surface area contributed by atoms with E-state index in [1.165, 1.54) is 12.5 Å². The fourth-order valence-electron chi connectivity index (χ4n) is 3.77. The van der Waals surface area contributed by atoms with Crippen LogP contribution in [0.25, 0.3) is 21.2 Å². The molecule has 1 aromatic carbocycles. The Balaban J connectivity index is 1.43. The van der Waals surface area contributed by atoms with Crippen molar-refractivity contribution < 1.29 is 9.15 Å². The summed E-state index contributed by atoms with van der Waals surface area (Å²) >= 11 is 1.55. The Morgan fingerprint density at radius 2 is 1.97 bits per heavy atom. The Morgan fingerprint density at radius 1 is 1.15 bits per heavy atom. The number of hydrogen-bond acceptors (Lipinski definition) is 9. The molecule has 0 aliphatic carbocycles. The third-order valence-electron chi connectivity index (χ3n) is 5.65. The smallest absolute Gasteiger partial charge is 0.246 e. The topological polar surface area (TPSA) is 92.8 Å². The highest BCUT2D eigenvalue weighted by atomic mass is 32.1.